The minimum absolute atomic E-state index is 0.185. The Balaban J connectivity index is 1.97. The molecule has 27 heavy (non-hydrogen) atoms. The van der Waals surface area contributed by atoms with Crippen LogP contribution >= 0.6 is 0 Å². The smallest absolute Gasteiger partial charge is 0.451 e. The van der Waals surface area contributed by atoms with Crippen LogP contribution in [0.3, 0.4) is 0 Å². The normalized spacial score (nSPS) is 18.4. The van der Waals surface area contributed by atoms with Crippen LogP contribution in [0.4, 0.5) is 4.39 Å². The van der Waals surface area contributed by atoms with E-state index in [1.807, 2.05) is 12.1 Å². The van der Waals surface area contributed by atoms with E-state index in [0.717, 1.165) is 5.56 Å². The van der Waals surface area contributed by atoms with Crippen LogP contribution in [-0.2, 0) is 17.8 Å². The van der Waals surface area contributed by atoms with E-state index >= 15 is 0 Å². The van der Waals surface area contributed by atoms with Gasteiger partial charge in [0.2, 0.25) is 0 Å². The molecule has 7 heteroatoms. The molecule has 142 valence electrons. The third-order valence-corrected chi connectivity index (χ3v) is 5.35. The number of rotatable bonds is 7. The zero-order chi connectivity index (χ0) is 19.6. The van der Waals surface area contributed by atoms with Gasteiger partial charge in [0.05, 0.1) is 5.92 Å². The number of aliphatic carboxylic acids is 1. The molecule has 0 bridgehead atoms. The summed E-state index contributed by atoms with van der Waals surface area (Å²) < 4.78 is 14.8. The van der Waals surface area contributed by atoms with Crippen LogP contribution in [0.15, 0.2) is 36.4 Å². The van der Waals surface area contributed by atoms with Gasteiger partial charge in [0.25, 0.3) is 0 Å². The van der Waals surface area contributed by atoms with E-state index in [4.69, 9.17) is 15.8 Å². The molecular formula is C20H23BFNO4. The number of hydrogen-bond acceptors (Lipinski definition) is 4. The van der Waals surface area contributed by atoms with Gasteiger partial charge in [-0.2, -0.15) is 0 Å². The second-order valence-electron chi connectivity index (χ2n) is 7.08. The molecule has 3 rings (SSSR count). The largest absolute Gasteiger partial charge is 0.481 e. The highest BCUT2D eigenvalue weighted by molar-refractivity contribution is 6.40. The van der Waals surface area contributed by atoms with E-state index in [1.54, 1.807) is 18.2 Å². The summed E-state index contributed by atoms with van der Waals surface area (Å²) in [5, 5.41) is 27.8. The van der Waals surface area contributed by atoms with Gasteiger partial charge in [-0.25, -0.2) is 4.39 Å². The van der Waals surface area contributed by atoms with E-state index in [-0.39, 0.29) is 24.6 Å². The molecule has 2 aromatic carbocycles. The molecule has 0 aromatic heterocycles. The molecule has 0 saturated heterocycles. The minimum atomic E-state index is -1.39. The zero-order valence-electron chi connectivity index (χ0n) is 14.9. The fourth-order valence-electron chi connectivity index (χ4n) is 4.09. The first-order valence-corrected chi connectivity index (χ1v) is 9.12. The fraction of sp³-hybridized carbons (Fsp3) is 0.350. The quantitative estimate of drug-likeness (QED) is 0.560. The molecule has 5 nitrogen and oxygen atoms in total. The van der Waals surface area contributed by atoms with Gasteiger partial charge in [-0.05, 0) is 59.5 Å². The molecule has 0 aliphatic heterocycles. The fourth-order valence-corrected chi connectivity index (χ4v) is 4.09. The summed E-state index contributed by atoms with van der Waals surface area (Å²) in [4.78, 5) is 11.9. The second-order valence-corrected chi connectivity index (χ2v) is 7.08. The Hall–Kier alpha value is -2.22. The first kappa shape index (κ1) is 19.5. The van der Waals surface area contributed by atoms with Gasteiger partial charge in [-0.1, -0.05) is 30.7 Å². The van der Waals surface area contributed by atoms with Crippen molar-refractivity contribution in [2.45, 2.75) is 38.0 Å². The molecule has 0 spiro atoms. The number of nitrogens with two attached hydrogens (primary N) is 1. The van der Waals surface area contributed by atoms with Gasteiger partial charge in [-0.3, -0.25) is 4.79 Å². The maximum Gasteiger partial charge on any atom is 0.451 e. The minimum Gasteiger partial charge on any atom is -0.481 e. The summed E-state index contributed by atoms with van der Waals surface area (Å²) >= 11 is 0. The van der Waals surface area contributed by atoms with Gasteiger partial charge in [0, 0.05) is 12.1 Å². The predicted octanol–water partition coefficient (Wildman–Crippen LogP) is 2.54. The maximum atomic E-state index is 14.8. The molecule has 0 radical (unpaired) electrons. The van der Waals surface area contributed by atoms with Crippen molar-refractivity contribution in [1.29, 1.82) is 0 Å². The summed E-state index contributed by atoms with van der Waals surface area (Å²) in [6, 6.07) is 10.4. The molecule has 1 aliphatic rings. The molecule has 2 aromatic rings. The van der Waals surface area contributed by atoms with Crippen LogP contribution < -0.4 is 5.73 Å². The monoisotopic (exact) mass is 371 g/mol. The highest BCUT2D eigenvalue weighted by Gasteiger charge is 2.38. The highest BCUT2D eigenvalue weighted by Crippen LogP contribution is 2.43. The SMILES string of the molecule is NCc1ccccc1-c1cc2c(cc1F)CC(CCCB(O)O)C2C(=O)O. The second kappa shape index (κ2) is 8.21. The molecular weight excluding hydrogens is 348 g/mol. The summed E-state index contributed by atoms with van der Waals surface area (Å²) in [7, 11) is -1.39. The Bertz CT molecular complexity index is 843. The molecule has 0 saturated carbocycles. The highest BCUT2D eigenvalue weighted by atomic mass is 19.1. The molecule has 2 unspecified atom stereocenters. The van der Waals surface area contributed by atoms with Gasteiger partial charge in [0.1, 0.15) is 5.82 Å². The Kier molecular flexibility index (Phi) is 5.94. The Labute approximate surface area is 157 Å². The van der Waals surface area contributed by atoms with Crippen LogP contribution in [0.25, 0.3) is 11.1 Å². The van der Waals surface area contributed by atoms with Gasteiger partial charge in [-0.15, -0.1) is 0 Å². The lowest BCUT2D eigenvalue weighted by Gasteiger charge is -2.17. The third-order valence-electron chi connectivity index (χ3n) is 5.35. The number of hydrogen-bond donors (Lipinski definition) is 4. The van der Waals surface area contributed by atoms with Crippen LogP contribution in [0.2, 0.25) is 6.32 Å². The summed E-state index contributed by atoms with van der Waals surface area (Å²) in [6.45, 7) is 0.265. The standard InChI is InChI=1S/C20H23BFNO4/c22-18-9-14-8-12(5-3-7-21(26)27)19(20(24)25)16(14)10-17(18)15-6-2-1-4-13(15)11-23/h1-2,4,6,9-10,12,19,26-27H,3,5,7-8,11,23H2,(H,24,25). The number of carbonyl (C=O) groups is 1. The molecule has 2 atom stereocenters. The summed E-state index contributed by atoms with van der Waals surface area (Å²) in [5.74, 6) is -2.23. The lowest BCUT2D eigenvalue weighted by Crippen LogP contribution is -2.18. The molecule has 0 heterocycles. The van der Waals surface area contributed by atoms with Gasteiger partial charge < -0.3 is 20.9 Å². The lowest BCUT2D eigenvalue weighted by atomic mass is 9.80. The topological polar surface area (TPSA) is 104 Å². The van der Waals surface area contributed by atoms with Crippen molar-refractivity contribution in [3.8, 4) is 11.1 Å². The number of carboxylic acid groups (broad SMARTS) is 1. The van der Waals surface area contributed by atoms with Crippen molar-refractivity contribution < 1.29 is 24.3 Å². The lowest BCUT2D eigenvalue weighted by molar-refractivity contribution is -0.139. The van der Waals surface area contributed by atoms with Gasteiger partial charge in [0.15, 0.2) is 0 Å². The maximum absolute atomic E-state index is 14.8. The molecule has 0 amide bonds. The van der Waals surface area contributed by atoms with Crippen molar-refractivity contribution in [2.75, 3.05) is 0 Å². The Morgan fingerprint density at radius 3 is 2.63 bits per heavy atom. The van der Waals surface area contributed by atoms with Crippen molar-refractivity contribution in [1.82, 2.24) is 0 Å². The van der Waals surface area contributed by atoms with E-state index in [2.05, 4.69) is 0 Å². The average Bonchev–Trinajstić information content (AvgIpc) is 2.97. The van der Waals surface area contributed by atoms with Gasteiger partial charge >= 0.3 is 13.1 Å². The van der Waals surface area contributed by atoms with Crippen molar-refractivity contribution in [2.24, 2.45) is 11.7 Å². The first-order chi connectivity index (χ1) is 12.9. The zero-order valence-corrected chi connectivity index (χ0v) is 14.9. The number of halogens is 1. The van der Waals surface area contributed by atoms with Crippen LogP contribution in [0, 0.1) is 11.7 Å². The Morgan fingerprint density at radius 1 is 1.22 bits per heavy atom. The van der Waals surface area contributed by atoms with E-state index in [1.165, 1.54) is 6.07 Å². The summed E-state index contributed by atoms with van der Waals surface area (Å²) in [5.41, 5.74) is 8.97. The van der Waals surface area contributed by atoms with E-state index in [0.29, 0.717) is 41.5 Å². The molecule has 5 N–H and O–H groups in total. The van der Waals surface area contributed by atoms with Crippen LogP contribution in [0.1, 0.15) is 35.4 Å². The third kappa shape index (κ3) is 4.05. The van der Waals surface area contributed by atoms with Crippen molar-refractivity contribution >= 4 is 13.1 Å². The Morgan fingerprint density at radius 2 is 1.96 bits per heavy atom. The predicted molar refractivity (Wildman–Crippen MR) is 102 cm³/mol. The first-order valence-electron chi connectivity index (χ1n) is 9.12. The van der Waals surface area contributed by atoms with E-state index < -0.39 is 19.0 Å². The number of benzene rings is 2. The molecule has 0 fully saturated rings. The van der Waals surface area contributed by atoms with E-state index in [9.17, 15) is 14.3 Å². The molecule has 1 aliphatic carbocycles. The van der Waals surface area contributed by atoms with Crippen molar-refractivity contribution in [3.63, 3.8) is 0 Å². The number of fused-ring (bicyclic) bond motifs is 1. The van der Waals surface area contributed by atoms with Crippen LogP contribution in [0.5, 0.6) is 0 Å². The van der Waals surface area contributed by atoms with Crippen LogP contribution in [-0.4, -0.2) is 28.2 Å². The summed E-state index contributed by atoms with van der Waals surface area (Å²) in [6.07, 6.45) is 1.72. The number of carboxylic acids is 1. The average molecular weight is 371 g/mol. The van der Waals surface area contributed by atoms with Crippen molar-refractivity contribution in [3.05, 3.63) is 58.9 Å².